The van der Waals surface area contributed by atoms with E-state index in [1.54, 1.807) is 0 Å². The molecule has 0 aliphatic carbocycles. The third-order valence-corrected chi connectivity index (χ3v) is 2.84. The van der Waals surface area contributed by atoms with Crippen molar-refractivity contribution in [3.05, 3.63) is 16.8 Å². The van der Waals surface area contributed by atoms with E-state index in [2.05, 4.69) is 30.1 Å². The molecule has 110 valence electrons. The first-order valence-electron chi connectivity index (χ1n) is 7.13. The summed E-state index contributed by atoms with van der Waals surface area (Å²) in [6.07, 6.45) is 1.52. The van der Waals surface area contributed by atoms with Crippen LogP contribution >= 0.6 is 0 Å². The third kappa shape index (κ3) is 4.46. The molecule has 0 saturated carbocycles. The van der Waals surface area contributed by atoms with Gasteiger partial charge in [0.05, 0.1) is 12.3 Å². The van der Waals surface area contributed by atoms with Gasteiger partial charge < -0.3 is 9.47 Å². The normalized spacial score (nSPS) is 10.6. The van der Waals surface area contributed by atoms with Crippen molar-refractivity contribution in [2.24, 2.45) is 5.92 Å². The topological polar surface area (TPSA) is 68.0 Å². The summed E-state index contributed by atoms with van der Waals surface area (Å²) in [5.41, 5.74) is 2.30. The van der Waals surface area contributed by atoms with E-state index >= 15 is 0 Å². The molecule has 1 rings (SSSR count). The number of nitriles is 1. The predicted octanol–water partition coefficient (Wildman–Crippen LogP) is 2.52. The van der Waals surface area contributed by atoms with Gasteiger partial charge in [0.2, 0.25) is 0 Å². The molecule has 0 saturated heterocycles. The lowest BCUT2D eigenvalue weighted by Crippen LogP contribution is -2.13. The van der Waals surface area contributed by atoms with Gasteiger partial charge in [-0.2, -0.15) is 10.4 Å². The quantitative estimate of drug-likeness (QED) is 0.683. The van der Waals surface area contributed by atoms with E-state index in [4.69, 9.17) is 9.47 Å². The molecule has 1 aromatic heterocycles. The van der Waals surface area contributed by atoms with Gasteiger partial charge >= 0.3 is 0 Å². The van der Waals surface area contributed by atoms with Gasteiger partial charge in [0.1, 0.15) is 18.2 Å². The Morgan fingerprint density at radius 1 is 1.15 bits per heavy atom. The number of aromatic nitrogens is 2. The maximum absolute atomic E-state index is 9.30. The molecule has 0 atom stereocenters. The van der Waals surface area contributed by atoms with Crippen molar-refractivity contribution >= 4 is 0 Å². The summed E-state index contributed by atoms with van der Waals surface area (Å²) in [4.78, 5) is 0. The molecule has 0 aromatic carbocycles. The molecule has 0 aliphatic rings. The fourth-order valence-corrected chi connectivity index (χ4v) is 1.89. The monoisotopic (exact) mass is 277 g/mol. The van der Waals surface area contributed by atoms with Crippen molar-refractivity contribution < 1.29 is 9.47 Å². The van der Waals surface area contributed by atoms with Gasteiger partial charge in [0.25, 0.3) is 5.88 Å². The van der Waals surface area contributed by atoms with Gasteiger partial charge in [-0.25, -0.2) is 0 Å². The van der Waals surface area contributed by atoms with Crippen LogP contribution in [0.4, 0.5) is 0 Å². The highest BCUT2D eigenvalue weighted by molar-refractivity contribution is 5.46. The van der Waals surface area contributed by atoms with Crippen LogP contribution in [0, 0.1) is 17.2 Å². The molecule has 0 bridgehead atoms. The highest BCUT2D eigenvalue weighted by Crippen LogP contribution is 2.21. The lowest BCUT2D eigenvalue weighted by molar-refractivity contribution is 0.0802. The highest BCUT2D eigenvalue weighted by Gasteiger charge is 2.15. The van der Waals surface area contributed by atoms with Gasteiger partial charge in [0.15, 0.2) is 0 Å². The fraction of sp³-hybridized carbons (Fsp3) is 0.667. The maximum Gasteiger partial charge on any atom is 0.251 e. The second kappa shape index (κ2) is 8.49. The summed E-state index contributed by atoms with van der Waals surface area (Å²) in [7, 11) is 0. The van der Waals surface area contributed by atoms with Crippen molar-refractivity contribution in [2.75, 3.05) is 19.8 Å². The van der Waals surface area contributed by atoms with Crippen molar-refractivity contribution in [1.29, 1.82) is 5.26 Å². The average Bonchev–Trinajstić information content (AvgIpc) is 2.45. The van der Waals surface area contributed by atoms with E-state index in [1.165, 1.54) is 0 Å². The summed E-state index contributed by atoms with van der Waals surface area (Å²) < 4.78 is 11.0. The Morgan fingerprint density at radius 3 is 2.45 bits per heavy atom. The lowest BCUT2D eigenvalue weighted by atomic mass is 10.0. The van der Waals surface area contributed by atoms with Crippen molar-refractivity contribution in [3.8, 4) is 11.9 Å². The van der Waals surface area contributed by atoms with Crippen LogP contribution in [0.5, 0.6) is 5.88 Å². The van der Waals surface area contributed by atoms with Crippen LogP contribution in [-0.2, 0) is 17.6 Å². The second-order valence-corrected chi connectivity index (χ2v) is 4.94. The largest absolute Gasteiger partial charge is 0.473 e. The lowest BCUT2D eigenvalue weighted by Gasteiger charge is -2.12. The Kier molecular flexibility index (Phi) is 6.96. The van der Waals surface area contributed by atoms with Crippen LogP contribution in [0.2, 0.25) is 0 Å². The molecule has 5 heteroatoms. The zero-order chi connectivity index (χ0) is 15.0. The van der Waals surface area contributed by atoms with Crippen molar-refractivity contribution in [2.45, 2.75) is 40.5 Å². The maximum atomic E-state index is 9.30. The van der Waals surface area contributed by atoms with E-state index in [0.717, 1.165) is 24.1 Å². The molecule has 0 fully saturated rings. The zero-order valence-electron chi connectivity index (χ0n) is 12.8. The Labute approximate surface area is 120 Å². The molecule has 0 spiro atoms. The van der Waals surface area contributed by atoms with E-state index in [1.807, 2.05) is 13.8 Å². The Morgan fingerprint density at radius 2 is 1.90 bits per heavy atom. The molecule has 0 aliphatic heterocycles. The summed E-state index contributed by atoms with van der Waals surface area (Å²) in [6.45, 7) is 9.77. The van der Waals surface area contributed by atoms with E-state index in [9.17, 15) is 5.26 Å². The minimum absolute atomic E-state index is 0.315. The van der Waals surface area contributed by atoms with Crippen LogP contribution in [0.1, 0.15) is 44.5 Å². The number of rotatable bonds is 8. The van der Waals surface area contributed by atoms with Gasteiger partial charge in [-0.15, -0.1) is 5.10 Å². The molecule has 0 radical (unpaired) electrons. The third-order valence-electron chi connectivity index (χ3n) is 2.84. The number of ether oxygens (including phenoxy) is 2. The summed E-state index contributed by atoms with van der Waals surface area (Å²) in [6, 6.07) is 2.18. The van der Waals surface area contributed by atoms with Gasteiger partial charge in [-0.05, 0) is 24.3 Å². The minimum Gasteiger partial charge on any atom is -0.473 e. The minimum atomic E-state index is 0.315. The van der Waals surface area contributed by atoms with Gasteiger partial charge in [-0.1, -0.05) is 27.7 Å². The molecule has 0 N–H and O–H groups in total. The van der Waals surface area contributed by atoms with Crippen molar-refractivity contribution in [1.82, 2.24) is 10.2 Å². The Hall–Kier alpha value is -1.67. The van der Waals surface area contributed by atoms with E-state index in [0.29, 0.717) is 37.2 Å². The second-order valence-electron chi connectivity index (χ2n) is 4.94. The smallest absolute Gasteiger partial charge is 0.251 e. The molecular weight excluding hydrogens is 254 g/mol. The first-order chi connectivity index (χ1) is 9.63. The van der Waals surface area contributed by atoms with Crippen LogP contribution in [-0.4, -0.2) is 30.0 Å². The molecular formula is C15H23N3O2. The van der Waals surface area contributed by atoms with Crippen LogP contribution < -0.4 is 4.74 Å². The molecule has 20 heavy (non-hydrogen) atoms. The Balaban J connectivity index is 2.69. The molecule has 0 unspecified atom stereocenters. The van der Waals surface area contributed by atoms with Crippen LogP contribution in [0.25, 0.3) is 0 Å². The first kappa shape index (κ1) is 16.4. The zero-order valence-corrected chi connectivity index (χ0v) is 12.8. The number of hydrogen-bond donors (Lipinski definition) is 0. The van der Waals surface area contributed by atoms with Crippen LogP contribution in [0.15, 0.2) is 0 Å². The molecule has 1 heterocycles. The fourth-order valence-electron chi connectivity index (χ4n) is 1.89. The summed E-state index contributed by atoms with van der Waals surface area (Å²) in [5, 5.41) is 17.4. The highest BCUT2D eigenvalue weighted by atomic mass is 16.5. The first-order valence-corrected chi connectivity index (χ1v) is 7.13. The average molecular weight is 277 g/mol. The van der Waals surface area contributed by atoms with Crippen molar-refractivity contribution in [3.63, 3.8) is 0 Å². The van der Waals surface area contributed by atoms with Gasteiger partial charge in [0, 0.05) is 6.61 Å². The summed E-state index contributed by atoms with van der Waals surface area (Å²) >= 11 is 0. The molecule has 5 nitrogen and oxygen atoms in total. The van der Waals surface area contributed by atoms with E-state index < -0.39 is 0 Å². The summed E-state index contributed by atoms with van der Waals surface area (Å²) in [5.74, 6) is 0.815. The SMILES string of the molecule is CCc1nnc(OCCOCC(C)C)c(C#N)c1CC. The van der Waals surface area contributed by atoms with Crippen LogP contribution in [0.3, 0.4) is 0 Å². The Bertz CT molecular complexity index is 467. The van der Waals surface area contributed by atoms with E-state index in [-0.39, 0.29) is 0 Å². The predicted molar refractivity (Wildman–Crippen MR) is 76.7 cm³/mol. The molecule has 1 aromatic rings. The standard InChI is InChI=1S/C15H23N3O2/c1-5-12-13(9-16)15(18-17-14(12)6-2)20-8-7-19-10-11(3)4/h11H,5-8,10H2,1-4H3. The number of aryl methyl sites for hydroxylation is 1. The molecule has 0 amide bonds. The number of hydrogen-bond acceptors (Lipinski definition) is 5. The van der Waals surface area contributed by atoms with Gasteiger partial charge in [-0.3, -0.25) is 0 Å². The number of nitrogens with zero attached hydrogens (tertiary/aromatic N) is 3.